The molecule has 0 aromatic heterocycles. The second-order valence-electron chi connectivity index (χ2n) is 6.63. The Labute approximate surface area is 122 Å². The van der Waals surface area contributed by atoms with Crippen LogP contribution in [0.2, 0.25) is 0 Å². The summed E-state index contributed by atoms with van der Waals surface area (Å²) in [4.78, 5) is 14.3. The maximum absolute atomic E-state index is 12.4. The Hall–Kier alpha value is -1.35. The molecule has 0 radical (unpaired) electrons. The van der Waals surface area contributed by atoms with E-state index in [0.717, 1.165) is 26.1 Å². The monoisotopic (exact) mass is 274 g/mol. The van der Waals surface area contributed by atoms with E-state index in [9.17, 15) is 4.79 Å². The fraction of sp³-hybridized carbons (Fsp3) is 0.588. The van der Waals surface area contributed by atoms with E-state index in [1.54, 1.807) is 0 Å². The van der Waals surface area contributed by atoms with Crippen molar-refractivity contribution in [2.24, 2.45) is 5.92 Å². The molecule has 1 aromatic carbocycles. The maximum Gasteiger partial charge on any atom is 0.226 e. The number of hydrogen-bond acceptors (Lipinski definition) is 2. The molecule has 20 heavy (non-hydrogen) atoms. The van der Waals surface area contributed by atoms with E-state index in [2.05, 4.69) is 50.4 Å². The van der Waals surface area contributed by atoms with Crippen LogP contribution >= 0.6 is 0 Å². The number of hydrogen-bond donors (Lipinski definition) is 1. The van der Waals surface area contributed by atoms with Gasteiger partial charge in [0.15, 0.2) is 0 Å². The summed E-state index contributed by atoms with van der Waals surface area (Å²) in [5.41, 5.74) is 2.53. The van der Waals surface area contributed by atoms with Gasteiger partial charge in [-0.3, -0.25) is 4.79 Å². The van der Waals surface area contributed by atoms with E-state index < -0.39 is 0 Å². The topological polar surface area (TPSA) is 32.3 Å². The van der Waals surface area contributed by atoms with Gasteiger partial charge in [0.25, 0.3) is 0 Å². The molecule has 1 atom stereocenters. The van der Waals surface area contributed by atoms with Crippen molar-refractivity contribution in [2.75, 3.05) is 26.7 Å². The molecule has 3 nitrogen and oxygen atoms in total. The summed E-state index contributed by atoms with van der Waals surface area (Å²) < 4.78 is 0. The van der Waals surface area contributed by atoms with Gasteiger partial charge >= 0.3 is 0 Å². The van der Waals surface area contributed by atoms with E-state index >= 15 is 0 Å². The first-order valence-corrected chi connectivity index (χ1v) is 7.43. The second kappa shape index (κ2) is 5.96. The lowest BCUT2D eigenvalue weighted by Gasteiger charge is -2.32. The Kier molecular flexibility index (Phi) is 4.48. The predicted molar refractivity (Wildman–Crippen MR) is 82.8 cm³/mol. The molecule has 1 aliphatic heterocycles. The minimum Gasteiger partial charge on any atom is -0.345 e. The SMILES string of the molecule is Cc1ccc(C(C)(C)CN(C)C(=O)C2CCNC2)cc1. The zero-order valence-electron chi connectivity index (χ0n) is 13.1. The highest BCUT2D eigenvalue weighted by Crippen LogP contribution is 2.25. The lowest BCUT2D eigenvalue weighted by Crippen LogP contribution is -2.41. The summed E-state index contributed by atoms with van der Waals surface area (Å²) in [6, 6.07) is 8.62. The zero-order chi connectivity index (χ0) is 14.8. The fourth-order valence-corrected chi connectivity index (χ4v) is 2.94. The Morgan fingerprint density at radius 1 is 1.35 bits per heavy atom. The standard InChI is InChI=1S/C17H26N2O/c1-13-5-7-15(8-6-13)17(2,3)12-19(4)16(20)14-9-10-18-11-14/h5-8,14,18H,9-12H2,1-4H3. The number of carbonyl (C=O) groups excluding carboxylic acids is 1. The summed E-state index contributed by atoms with van der Waals surface area (Å²) in [6.45, 7) is 9.05. The van der Waals surface area contributed by atoms with Crippen molar-refractivity contribution in [3.63, 3.8) is 0 Å². The van der Waals surface area contributed by atoms with Gasteiger partial charge in [0.2, 0.25) is 5.91 Å². The van der Waals surface area contributed by atoms with Crippen LogP contribution in [0.3, 0.4) is 0 Å². The molecule has 0 bridgehead atoms. The first-order chi connectivity index (χ1) is 9.40. The van der Waals surface area contributed by atoms with Crippen molar-refractivity contribution < 1.29 is 4.79 Å². The summed E-state index contributed by atoms with van der Waals surface area (Å²) in [7, 11) is 1.93. The van der Waals surface area contributed by atoms with Crippen molar-refractivity contribution >= 4 is 5.91 Å². The first kappa shape index (κ1) is 15.0. The van der Waals surface area contributed by atoms with Crippen LogP contribution in [0.5, 0.6) is 0 Å². The average molecular weight is 274 g/mol. The van der Waals surface area contributed by atoms with Crippen LogP contribution in [-0.4, -0.2) is 37.5 Å². The predicted octanol–water partition coefficient (Wildman–Crippen LogP) is 2.34. The number of nitrogens with zero attached hydrogens (tertiary/aromatic N) is 1. The lowest BCUT2D eigenvalue weighted by atomic mass is 9.83. The van der Waals surface area contributed by atoms with Gasteiger partial charge in [-0.15, -0.1) is 0 Å². The molecular weight excluding hydrogens is 248 g/mol. The fourth-order valence-electron chi connectivity index (χ4n) is 2.94. The van der Waals surface area contributed by atoms with Gasteiger partial charge in [0.05, 0.1) is 5.92 Å². The van der Waals surface area contributed by atoms with Crippen molar-refractivity contribution in [3.8, 4) is 0 Å². The van der Waals surface area contributed by atoms with Gasteiger partial charge in [0, 0.05) is 25.6 Å². The molecule has 1 amide bonds. The normalized spacial score (nSPS) is 19.1. The molecule has 0 saturated carbocycles. The number of likely N-dealkylation sites (N-methyl/N-ethyl adjacent to an activating group) is 1. The van der Waals surface area contributed by atoms with Crippen LogP contribution in [0.4, 0.5) is 0 Å². The van der Waals surface area contributed by atoms with E-state index in [1.807, 2.05) is 11.9 Å². The maximum atomic E-state index is 12.4. The van der Waals surface area contributed by atoms with Crippen LogP contribution in [-0.2, 0) is 10.2 Å². The Morgan fingerprint density at radius 2 is 2.00 bits per heavy atom. The molecule has 1 aromatic rings. The summed E-state index contributed by atoms with van der Waals surface area (Å²) >= 11 is 0. The highest BCUT2D eigenvalue weighted by Gasteiger charge is 2.29. The number of carbonyl (C=O) groups is 1. The highest BCUT2D eigenvalue weighted by atomic mass is 16.2. The van der Waals surface area contributed by atoms with Crippen molar-refractivity contribution in [2.45, 2.75) is 32.6 Å². The van der Waals surface area contributed by atoms with E-state index in [0.29, 0.717) is 0 Å². The van der Waals surface area contributed by atoms with E-state index in [1.165, 1.54) is 11.1 Å². The van der Waals surface area contributed by atoms with Crippen LogP contribution in [0.15, 0.2) is 24.3 Å². The molecule has 1 aliphatic rings. The van der Waals surface area contributed by atoms with Crippen LogP contribution in [0.25, 0.3) is 0 Å². The quantitative estimate of drug-likeness (QED) is 0.914. The highest BCUT2D eigenvalue weighted by molar-refractivity contribution is 5.79. The van der Waals surface area contributed by atoms with Gasteiger partial charge in [0.1, 0.15) is 0 Å². The Morgan fingerprint density at radius 3 is 2.55 bits per heavy atom. The first-order valence-electron chi connectivity index (χ1n) is 7.43. The molecule has 1 unspecified atom stereocenters. The number of nitrogens with one attached hydrogen (secondary N) is 1. The average Bonchev–Trinajstić information content (AvgIpc) is 2.91. The second-order valence-corrected chi connectivity index (χ2v) is 6.63. The molecule has 1 fully saturated rings. The minimum atomic E-state index is -0.0237. The van der Waals surface area contributed by atoms with Crippen LogP contribution in [0.1, 0.15) is 31.4 Å². The van der Waals surface area contributed by atoms with Gasteiger partial charge in [-0.05, 0) is 25.5 Å². The van der Waals surface area contributed by atoms with Gasteiger partial charge in [-0.2, -0.15) is 0 Å². The van der Waals surface area contributed by atoms with Crippen molar-refractivity contribution in [1.82, 2.24) is 10.2 Å². The van der Waals surface area contributed by atoms with Crippen molar-refractivity contribution in [3.05, 3.63) is 35.4 Å². The molecule has 3 heteroatoms. The van der Waals surface area contributed by atoms with Gasteiger partial charge in [-0.1, -0.05) is 43.7 Å². The molecule has 1 saturated heterocycles. The number of aryl methyl sites for hydroxylation is 1. The van der Waals surface area contributed by atoms with Gasteiger partial charge < -0.3 is 10.2 Å². The van der Waals surface area contributed by atoms with E-state index in [-0.39, 0.29) is 17.2 Å². The van der Waals surface area contributed by atoms with Crippen LogP contribution in [0, 0.1) is 12.8 Å². The smallest absolute Gasteiger partial charge is 0.226 e. The zero-order valence-corrected chi connectivity index (χ0v) is 13.1. The van der Waals surface area contributed by atoms with E-state index in [4.69, 9.17) is 0 Å². The summed E-state index contributed by atoms with van der Waals surface area (Å²) in [5, 5.41) is 3.26. The molecule has 2 rings (SSSR count). The third-order valence-corrected chi connectivity index (χ3v) is 4.25. The molecule has 1 heterocycles. The number of amides is 1. The summed E-state index contributed by atoms with van der Waals surface area (Å²) in [5.74, 6) is 0.434. The lowest BCUT2D eigenvalue weighted by molar-refractivity contribution is -0.134. The molecule has 0 spiro atoms. The summed E-state index contributed by atoms with van der Waals surface area (Å²) in [6.07, 6.45) is 0.966. The van der Waals surface area contributed by atoms with Crippen molar-refractivity contribution in [1.29, 1.82) is 0 Å². The largest absolute Gasteiger partial charge is 0.345 e. The Bertz CT molecular complexity index is 458. The van der Waals surface area contributed by atoms with Gasteiger partial charge in [-0.25, -0.2) is 0 Å². The van der Waals surface area contributed by atoms with Crippen LogP contribution < -0.4 is 5.32 Å². The minimum absolute atomic E-state index is 0.0237. The number of rotatable bonds is 4. The third kappa shape index (κ3) is 3.40. The molecule has 110 valence electrons. The third-order valence-electron chi connectivity index (χ3n) is 4.25. The Balaban J connectivity index is 2.03. The molecule has 1 N–H and O–H groups in total. The molecule has 0 aliphatic carbocycles. The number of benzene rings is 1. The molecular formula is C17H26N2O.